The van der Waals surface area contributed by atoms with Gasteiger partial charge in [-0.1, -0.05) is 19.3 Å². The molecule has 1 aromatic heterocycles. The lowest BCUT2D eigenvalue weighted by molar-refractivity contribution is -0.124. The second-order valence-electron chi connectivity index (χ2n) is 9.02. The molecule has 1 fully saturated rings. The highest BCUT2D eigenvalue weighted by Gasteiger charge is 2.23. The molecule has 1 aliphatic rings. The number of aromatic nitrogens is 4. The molecule has 11 nitrogen and oxygen atoms in total. The van der Waals surface area contributed by atoms with Crippen molar-refractivity contribution in [2.75, 3.05) is 32.3 Å². The summed E-state index contributed by atoms with van der Waals surface area (Å²) in [4.78, 5) is 29.0. The van der Waals surface area contributed by atoms with Gasteiger partial charge < -0.3 is 24.4 Å². The van der Waals surface area contributed by atoms with Crippen LogP contribution in [0.15, 0.2) is 42.5 Å². The zero-order valence-electron chi connectivity index (χ0n) is 22.1. The molecule has 1 N–H and O–H groups in total. The molecule has 0 radical (unpaired) electrons. The quantitative estimate of drug-likeness (QED) is 0.408. The average Bonchev–Trinajstić information content (AvgIpc) is 3.41. The number of hydrogen-bond donors (Lipinski definition) is 1. The predicted octanol–water partition coefficient (Wildman–Crippen LogP) is 3.24. The lowest BCUT2D eigenvalue weighted by Crippen LogP contribution is -2.45. The monoisotopic (exact) mass is 522 g/mol. The number of nitrogens with zero attached hydrogens (tertiary/aromatic N) is 5. The van der Waals surface area contributed by atoms with E-state index in [1.54, 1.807) is 56.7 Å². The number of methoxy groups -OCH3 is 2. The van der Waals surface area contributed by atoms with Crippen molar-refractivity contribution in [3.8, 4) is 28.6 Å². The van der Waals surface area contributed by atoms with Crippen LogP contribution in [0.4, 0.5) is 5.69 Å². The van der Waals surface area contributed by atoms with Gasteiger partial charge in [0.1, 0.15) is 18.8 Å². The van der Waals surface area contributed by atoms with E-state index in [2.05, 4.69) is 20.7 Å². The van der Waals surface area contributed by atoms with E-state index in [4.69, 9.17) is 14.2 Å². The Kier molecular flexibility index (Phi) is 9.12. The van der Waals surface area contributed by atoms with Gasteiger partial charge in [-0.05, 0) is 67.4 Å². The van der Waals surface area contributed by atoms with Crippen molar-refractivity contribution in [2.24, 2.45) is 0 Å². The lowest BCUT2D eigenvalue weighted by atomic mass is 9.95. The van der Waals surface area contributed by atoms with Crippen molar-refractivity contribution in [3.63, 3.8) is 0 Å². The second kappa shape index (κ2) is 12.9. The number of anilines is 1. The topological polar surface area (TPSA) is 121 Å². The number of hydrogen-bond acceptors (Lipinski definition) is 8. The fourth-order valence-corrected chi connectivity index (χ4v) is 4.48. The predicted molar refractivity (Wildman–Crippen MR) is 141 cm³/mol. The van der Waals surface area contributed by atoms with Crippen LogP contribution in [0.25, 0.3) is 11.4 Å². The van der Waals surface area contributed by atoms with Crippen molar-refractivity contribution >= 4 is 17.5 Å². The maximum atomic E-state index is 13.4. The Morgan fingerprint density at radius 3 is 2.45 bits per heavy atom. The fourth-order valence-electron chi connectivity index (χ4n) is 4.48. The smallest absolute Gasteiger partial charge is 0.251 e. The van der Waals surface area contributed by atoms with Gasteiger partial charge in [0, 0.05) is 17.3 Å². The molecule has 1 aliphatic carbocycles. The SMILES string of the molecule is CCOc1ccc(N(CC(=O)NC2CCCCC2)C(=O)Cn2nnc(-c3ccc(OC)c(OC)c3)n2)cc1. The first-order valence-corrected chi connectivity index (χ1v) is 12.8. The second-order valence-corrected chi connectivity index (χ2v) is 9.02. The molecular formula is C27H34N6O5. The van der Waals surface area contributed by atoms with Crippen LogP contribution in [-0.2, 0) is 16.1 Å². The van der Waals surface area contributed by atoms with E-state index in [1.165, 1.54) is 16.1 Å². The number of carbonyl (C=O) groups is 2. The van der Waals surface area contributed by atoms with Gasteiger partial charge in [0.15, 0.2) is 11.5 Å². The first-order valence-electron chi connectivity index (χ1n) is 12.8. The van der Waals surface area contributed by atoms with Crippen LogP contribution in [0, 0.1) is 0 Å². The summed E-state index contributed by atoms with van der Waals surface area (Å²) >= 11 is 0. The Morgan fingerprint density at radius 1 is 1.03 bits per heavy atom. The maximum absolute atomic E-state index is 13.4. The van der Waals surface area contributed by atoms with Gasteiger partial charge in [0.05, 0.1) is 20.8 Å². The zero-order chi connectivity index (χ0) is 26.9. The average molecular weight is 523 g/mol. The standard InChI is InChI=1S/C27H34N6O5/c1-4-38-22-13-11-21(12-14-22)32(17-25(34)28-20-8-6-5-7-9-20)26(35)18-33-30-27(29-31-33)19-10-15-23(36-2)24(16-19)37-3/h10-16,20H,4-9,17-18H2,1-3H3,(H,28,34). The van der Waals surface area contributed by atoms with Gasteiger partial charge in [-0.2, -0.15) is 4.80 Å². The molecule has 2 aromatic carbocycles. The molecule has 0 bridgehead atoms. The van der Waals surface area contributed by atoms with Gasteiger partial charge in [-0.25, -0.2) is 0 Å². The van der Waals surface area contributed by atoms with Crippen LogP contribution in [0.2, 0.25) is 0 Å². The first kappa shape index (κ1) is 26.9. The minimum absolute atomic E-state index is 0.111. The van der Waals surface area contributed by atoms with Crippen LogP contribution < -0.4 is 24.4 Å². The Hall–Kier alpha value is -4.15. The number of nitrogens with one attached hydrogen (secondary N) is 1. The first-order chi connectivity index (χ1) is 18.5. The van der Waals surface area contributed by atoms with Gasteiger partial charge >= 0.3 is 0 Å². The molecular weight excluding hydrogens is 488 g/mol. The van der Waals surface area contributed by atoms with Crippen LogP contribution in [0.1, 0.15) is 39.0 Å². The number of tetrazole rings is 1. The third kappa shape index (κ3) is 6.78. The maximum Gasteiger partial charge on any atom is 0.251 e. The van der Waals surface area contributed by atoms with E-state index in [0.717, 1.165) is 25.7 Å². The summed E-state index contributed by atoms with van der Waals surface area (Å²) in [5, 5.41) is 15.6. The molecule has 4 rings (SSSR count). The van der Waals surface area contributed by atoms with Crippen molar-refractivity contribution in [1.29, 1.82) is 0 Å². The van der Waals surface area contributed by atoms with Crippen molar-refractivity contribution in [1.82, 2.24) is 25.5 Å². The highest BCUT2D eigenvalue weighted by molar-refractivity contribution is 5.98. The molecule has 2 amide bonds. The molecule has 3 aromatic rings. The highest BCUT2D eigenvalue weighted by Crippen LogP contribution is 2.30. The van der Waals surface area contributed by atoms with Crippen LogP contribution in [0.5, 0.6) is 17.2 Å². The lowest BCUT2D eigenvalue weighted by Gasteiger charge is -2.26. The minimum Gasteiger partial charge on any atom is -0.494 e. The van der Waals surface area contributed by atoms with E-state index in [0.29, 0.717) is 40.9 Å². The summed E-state index contributed by atoms with van der Waals surface area (Å²) in [5.41, 5.74) is 1.24. The van der Waals surface area contributed by atoms with E-state index in [9.17, 15) is 9.59 Å². The summed E-state index contributed by atoms with van der Waals surface area (Å²) in [6, 6.07) is 12.5. The molecule has 0 spiro atoms. The minimum atomic E-state index is -0.343. The van der Waals surface area contributed by atoms with Crippen LogP contribution >= 0.6 is 0 Å². The van der Waals surface area contributed by atoms with Crippen molar-refractivity contribution < 1.29 is 23.8 Å². The molecule has 11 heteroatoms. The molecule has 0 unspecified atom stereocenters. The van der Waals surface area contributed by atoms with E-state index >= 15 is 0 Å². The summed E-state index contributed by atoms with van der Waals surface area (Å²) in [6.07, 6.45) is 5.33. The Bertz CT molecular complexity index is 1220. The molecule has 0 atom stereocenters. The van der Waals surface area contributed by atoms with Crippen LogP contribution in [-0.4, -0.2) is 65.4 Å². The number of ether oxygens (including phenoxy) is 3. The van der Waals surface area contributed by atoms with E-state index in [-0.39, 0.29) is 30.9 Å². The van der Waals surface area contributed by atoms with E-state index < -0.39 is 0 Å². The summed E-state index contributed by atoms with van der Waals surface area (Å²) in [5.74, 6) is 1.59. The van der Waals surface area contributed by atoms with Gasteiger partial charge in [-0.15, -0.1) is 10.2 Å². The normalized spacial score (nSPS) is 13.6. The third-order valence-electron chi connectivity index (χ3n) is 6.40. The largest absolute Gasteiger partial charge is 0.494 e. The van der Waals surface area contributed by atoms with Crippen molar-refractivity contribution in [2.45, 2.75) is 51.6 Å². The van der Waals surface area contributed by atoms with Crippen LogP contribution in [0.3, 0.4) is 0 Å². The molecule has 202 valence electrons. The van der Waals surface area contributed by atoms with Crippen molar-refractivity contribution in [3.05, 3.63) is 42.5 Å². The number of amides is 2. The zero-order valence-corrected chi connectivity index (χ0v) is 22.1. The molecule has 38 heavy (non-hydrogen) atoms. The fraction of sp³-hybridized carbons (Fsp3) is 0.444. The number of benzene rings is 2. The van der Waals surface area contributed by atoms with Gasteiger partial charge in [0.25, 0.3) is 5.91 Å². The van der Waals surface area contributed by atoms with Gasteiger partial charge in [0.2, 0.25) is 11.7 Å². The Labute approximate surface area is 222 Å². The summed E-state index contributed by atoms with van der Waals surface area (Å²) in [6.45, 7) is 2.14. The highest BCUT2D eigenvalue weighted by atomic mass is 16.5. The number of rotatable bonds is 11. The Balaban J connectivity index is 1.50. The summed E-state index contributed by atoms with van der Waals surface area (Å²) in [7, 11) is 3.10. The molecule has 0 saturated heterocycles. The van der Waals surface area contributed by atoms with E-state index in [1.807, 2.05) is 6.92 Å². The molecule has 1 saturated carbocycles. The summed E-state index contributed by atoms with van der Waals surface area (Å²) < 4.78 is 16.1. The molecule has 0 aliphatic heterocycles. The third-order valence-corrected chi connectivity index (χ3v) is 6.40. The molecule has 1 heterocycles. The van der Waals surface area contributed by atoms with Gasteiger partial charge in [-0.3, -0.25) is 9.59 Å². The number of carbonyl (C=O) groups excluding carboxylic acids is 2. The Morgan fingerprint density at radius 2 is 1.76 bits per heavy atom.